The second-order valence-electron chi connectivity index (χ2n) is 4.59. The summed E-state index contributed by atoms with van der Waals surface area (Å²) in [7, 11) is 1.67. The monoisotopic (exact) mass is 263 g/mol. The molecule has 1 aliphatic heterocycles. The van der Waals surface area contributed by atoms with Crippen LogP contribution in [0.25, 0.3) is 11.0 Å². The first-order valence-corrected chi connectivity index (χ1v) is 6.23. The van der Waals surface area contributed by atoms with Gasteiger partial charge in [0.2, 0.25) is 5.95 Å². The van der Waals surface area contributed by atoms with Crippen molar-refractivity contribution in [3.63, 3.8) is 0 Å². The fourth-order valence-corrected chi connectivity index (χ4v) is 2.27. The number of rotatable bonds is 3. The SMILES string of the molecule is COCC1CN(c2ncc3[nH]c(N)cc3n2)CCO1. The van der Waals surface area contributed by atoms with Gasteiger partial charge in [-0.05, 0) is 0 Å². The molecule has 3 rings (SSSR count). The number of methoxy groups -OCH3 is 1. The third-order valence-electron chi connectivity index (χ3n) is 3.15. The van der Waals surface area contributed by atoms with Crippen LogP contribution in [0.3, 0.4) is 0 Å². The first-order chi connectivity index (χ1) is 9.26. The molecule has 3 heterocycles. The van der Waals surface area contributed by atoms with Gasteiger partial charge in [0.25, 0.3) is 0 Å². The van der Waals surface area contributed by atoms with Crippen LogP contribution in [-0.4, -0.2) is 54.5 Å². The number of H-pyrrole nitrogens is 1. The van der Waals surface area contributed by atoms with Crippen molar-refractivity contribution < 1.29 is 9.47 Å². The number of morpholine rings is 1. The summed E-state index contributed by atoms with van der Waals surface area (Å²) in [6.07, 6.45) is 1.82. The van der Waals surface area contributed by atoms with Crippen LogP contribution in [0, 0.1) is 0 Å². The highest BCUT2D eigenvalue weighted by atomic mass is 16.5. The molecule has 102 valence electrons. The molecule has 0 radical (unpaired) electrons. The fourth-order valence-electron chi connectivity index (χ4n) is 2.27. The lowest BCUT2D eigenvalue weighted by molar-refractivity contribution is -0.0104. The van der Waals surface area contributed by atoms with Crippen molar-refractivity contribution in [1.29, 1.82) is 0 Å². The van der Waals surface area contributed by atoms with Gasteiger partial charge in [0.05, 0.1) is 36.5 Å². The number of nitrogens with zero attached hydrogens (tertiary/aromatic N) is 3. The quantitative estimate of drug-likeness (QED) is 0.832. The van der Waals surface area contributed by atoms with E-state index < -0.39 is 0 Å². The number of nitrogen functional groups attached to an aromatic ring is 1. The molecular formula is C12H17N5O2. The Hall–Kier alpha value is -1.86. The number of nitrogens with two attached hydrogens (primary N) is 1. The van der Waals surface area contributed by atoms with Gasteiger partial charge in [-0.25, -0.2) is 9.97 Å². The van der Waals surface area contributed by atoms with E-state index >= 15 is 0 Å². The summed E-state index contributed by atoms with van der Waals surface area (Å²) in [6, 6.07) is 1.81. The highest BCUT2D eigenvalue weighted by Crippen LogP contribution is 2.18. The Bertz CT molecular complexity index is 568. The second kappa shape index (κ2) is 5.02. The second-order valence-corrected chi connectivity index (χ2v) is 4.59. The van der Waals surface area contributed by atoms with E-state index in [9.17, 15) is 0 Å². The van der Waals surface area contributed by atoms with Gasteiger partial charge in [-0.3, -0.25) is 0 Å². The van der Waals surface area contributed by atoms with Gasteiger partial charge in [0, 0.05) is 26.3 Å². The van der Waals surface area contributed by atoms with E-state index in [0.717, 1.165) is 24.1 Å². The number of hydrogen-bond donors (Lipinski definition) is 2. The van der Waals surface area contributed by atoms with Crippen LogP contribution in [0.4, 0.5) is 11.8 Å². The molecule has 0 aliphatic carbocycles. The lowest BCUT2D eigenvalue weighted by atomic mass is 10.3. The minimum Gasteiger partial charge on any atom is -0.385 e. The molecule has 0 bridgehead atoms. The Morgan fingerprint density at radius 3 is 3.37 bits per heavy atom. The fraction of sp³-hybridized carbons (Fsp3) is 0.500. The first kappa shape index (κ1) is 12.2. The van der Waals surface area contributed by atoms with Gasteiger partial charge in [0.15, 0.2) is 0 Å². The molecule has 1 fully saturated rings. The largest absolute Gasteiger partial charge is 0.385 e. The van der Waals surface area contributed by atoms with Gasteiger partial charge >= 0.3 is 0 Å². The Labute approximate surface area is 110 Å². The molecule has 0 aromatic carbocycles. The third kappa shape index (κ3) is 2.47. The molecule has 0 saturated carbocycles. The van der Waals surface area contributed by atoms with Crippen molar-refractivity contribution in [3.8, 4) is 0 Å². The van der Waals surface area contributed by atoms with Crippen LogP contribution >= 0.6 is 0 Å². The van der Waals surface area contributed by atoms with E-state index in [1.165, 1.54) is 0 Å². The Kier molecular flexibility index (Phi) is 3.22. The summed E-state index contributed by atoms with van der Waals surface area (Å²) >= 11 is 0. The van der Waals surface area contributed by atoms with Crippen molar-refractivity contribution in [2.24, 2.45) is 0 Å². The van der Waals surface area contributed by atoms with E-state index in [-0.39, 0.29) is 6.10 Å². The van der Waals surface area contributed by atoms with Crippen LogP contribution < -0.4 is 10.6 Å². The molecule has 1 saturated heterocycles. The lowest BCUT2D eigenvalue weighted by Gasteiger charge is -2.32. The van der Waals surface area contributed by atoms with Crippen molar-refractivity contribution >= 4 is 22.8 Å². The molecule has 2 aromatic heterocycles. The van der Waals surface area contributed by atoms with Crippen LogP contribution in [-0.2, 0) is 9.47 Å². The average Bonchev–Trinajstić information content (AvgIpc) is 2.78. The van der Waals surface area contributed by atoms with E-state index in [4.69, 9.17) is 15.2 Å². The van der Waals surface area contributed by atoms with Gasteiger partial charge < -0.3 is 25.1 Å². The molecule has 7 nitrogen and oxygen atoms in total. The molecular weight excluding hydrogens is 246 g/mol. The Morgan fingerprint density at radius 1 is 1.63 bits per heavy atom. The van der Waals surface area contributed by atoms with Crippen LogP contribution in [0.15, 0.2) is 12.3 Å². The maximum Gasteiger partial charge on any atom is 0.226 e. The Morgan fingerprint density at radius 2 is 2.53 bits per heavy atom. The number of ether oxygens (including phenoxy) is 2. The molecule has 1 unspecified atom stereocenters. The van der Waals surface area contributed by atoms with E-state index in [2.05, 4.69) is 19.9 Å². The molecule has 7 heteroatoms. The van der Waals surface area contributed by atoms with E-state index in [1.54, 1.807) is 13.3 Å². The van der Waals surface area contributed by atoms with Gasteiger partial charge in [0.1, 0.15) is 5.82 Å². The molecule has 3 N–H and O–H groups in total. The molecule has 2 aromatic rings. The van der Waals surface area contributed by atoms with Crippen LogP contribution in [0.5, 0.6) is 0 Å². The number of aromatic amines is 1. The number of fused-ring (bicyclic) bond motifs is 1. The summed E-state index contributed by atoms with van der Waals surface area (Å²) in [4.78, 5) is 14.0. The van der Waals surface area contributed by atoms with Crippen molar-refractivity contribution in [3.05, 3.63) is 12.3 Å². The molecule has 19 heavy (non-hydrogen) atoms. The zero-order chi connectivity index (χ0) is 13.2. The predicted molar refractivity (Wildman–Crippen MR) is 72.1 cm³/mol. The minimum absolute atomic E-state index is 0.0642. The predicted octanol–water partition coefficient (Wildman–Crippen LogP) is 0.392. The summed E-state index contributed by atoms with van der Waals surface area (Å²) in [5.74, 6) is 1.30. The normalized spacial score (nSPS) is 20.1. The summed E-state index contributed by atoms with van der Waals surface area (Å²) in [5.41, 5.74) is 7.39. The summed E-state index contributed by atoms with van der Waals surface area (Å²) in [5, 5.41) is 0. The molecule has 1 atom stereocenters. The van der Waals surface area contributed by atoms with Crippen LogP contribution in [0.1, 0.15) is 0 Å². The van der Waals surface area contributed by atoms with Crippen molar-refractivity contribution in [2.75, 3.05) is 44.0 Å². The number of aromatic nitrogens is 3. The highest BCUT2D eigenvalue weighted by Gasteiger charge is 2.22. The van der Waals surface area contributed by atoms with Crippen molar-refractivity contribution in [1.82, 2.24) is 15.0 Å². The number of hydrogen-bond acceptors (Lipinski definition) is 6. The maximum absolute atomic E-state index is 5.71. The van der Waals surface area contributed by atoms with Gasteiger partial charge in [-0.15, -0.1) is 0 Å². The lowest BCUT2D eigenvalue weighted by Crippen LogP contribution is -2.45. The zero-order valence-electron chi connectivity index (χ0n) is 10.8. The topological polar surface area (TPSA) is 89.3 Å². The van der Waals surface area contributed by atoms with Gasteiger partial charge in [-0.1, -0.05) is 0 Å². The first-order valence-electron chi connectivity index (χ1n) is 6.23. The maximum atomic E-state index is 5.71. The van der Waals surface area contributed by atoms with E-state index in [0.29, 0.717) is 25.0 Å². The zero-order valence-corrected chi connectivity index (χ0v) is 10.8. The average molecular weight is 263 g/mol. The Balaban J connectivity index is 1.82. The number of nitrogens with one attached hydrogen (secondary N) is 1. The smallest absolute Gasteiger partial charge is 0.226 e. The summed E-state index contributed by atoms with van der Waals surface area (Å²) in [6.45, 7) is 2.76. The van der Waals surface area contributed by atoms with Crippen LogP contribution in [0.2, 0.25) is 0 Å². The molecule has 1 aliphatic rings. The summed E-state index contributed by atoms with van der Waals surface area (Å²) < 4.78 is 10.7. The van der Waals surface area contributed by atoms with Gasteiger partial charge in [-0.2, -0.15) is 0 Å². The molecule has 0 amide bonds. The minimum atomic E-state index is 0.0642. The molecule has 0 spiro atoms. The van der Waals surface area contributed by atoms with E-state index in [1.807, 2.05) is 6.07 Å². The number of anilines is 2. The third-order valence-corrected chi connectivity index (χ3v) is 3.15. The van der Waals surface area contributed by atoms with Crippen molar-refractivity contribution in [2.45, 2.75) is 6.10 Å². The standard InChI is InChI=1S/C12H17N5O2/c1-18-7-8-6-17(2-3-19-8)12-14-5-10-9(16-12)4-11(13)15-10/h4-5,8,15H,2-3,6-7,13H2,1H3. The highest BCUT2D eigenvalue weighted by molar-refractivity contribution is 5.79.